The van der Waals surface area contributed by atoms with E-state index in [1.54, 1.807) is 11.3 Å². The van der Waals surface area contributed by atoms with Gasteiger partial charge in [-0.3, -0.25) is 4.90 Å². The highest BCUT2D eigenvalue weighted by atomic mass is 35.5. The number of nitrogens with zero attached hydrogens (tertiary/aromatic N) is 5. The summed E-state index contributed by atoms with van der Waals surface area (Å²) < 4.78 is 2.10. The average molecular weight is 396 g/mol. The number of hydrogen-bond donors (Lipinski definition) is 0. The first-order valence-corrected chi connectivity index (χ1v) is 10.2. The molecule has 0 bridgehead atoms. The van der Waals surface area contributed by atoms with Gasteiger partial charge in [-0.2, -0.15) is 0 Å². The number of thiophene rings is 1. The molecular formula is C20H18ClN5S. The second-order valence-corrected chi connectivity index (χ2v) is 8.21. The SMILES string of the molecule is Cc1nc2ccc(Cl)cn2c1CN1CCc2nc(-c3cccs3)ncc2C1. The maximum atomic E-state index is 6.19. The molecule has 4 aromatic rings. The third-order valence-electron chi connectivity index (χ3n) is 5.01. The predicted molar refractivity (Wildman–Crippen MR) is 108 cm³/mol. The average Bonchev–Trinajstić information content (AvgIpc) is 3.31. The normalized spacial score (nSPS) is 14.6. The maximum Gasteiger partial charge on any atom is 0.169 e. The van der Waals surface area contributed by atoms with Crippen LogP contribution < -0.4 is 0 Å². The number of fused-ring (bicyclic) bond motifs is 2. The summed E-state index contributed by atoms with van der Waals surface area (Å²) in [4.78, 5) is 17.6. The molecule has 4 aromatic heterocycles. The van der Waals surface area contributed by atoms with Crippen LogP contribution >= 0.6 is 22.9 Å². The fourth-order valence-electron chi connectivity index (χ4n) is 3.62. The van der Waals surface area contributed by atoms with Crippen LogP contribution in [0.5, 0.6) is 0 Å². The van der Waals surface area contributed by atoms with Crippen molar-refractivity contribution in [2.45, 2.75) is 26.4 Å². The molecule has 0 spiro atoms. The van der Waals surface area contributed by atoms with Crippen molar-refractivity contribution in [3.63, 3.8) is 0 Å². The molecule has 0 saturated carbocycles. The fraction of sp³-hybridized carbons (Fsp3) is 0.250. The molecule has 1 aliphatic heterocycles. The lowest BCUT2D eigenvalue weighted by Crippen LogP contribution is -2.31. The lowest BCUT2D eigenvalue weighted by Gasteiger charge is -2.28. The summed E-state index contributed by atoms with van der Waals surface area (Å²) >= 11 is 7.87. The molecule has 5 rings (SSSR count). The summed E-state index contributed by atoms with van der Waals surface area (Å²) in [5, 5.41) is 2.78. The summed E-state index contributed by atoms with van der Waals surface area (Å²) in [6, 6.07) is 7.95. The van der Waals surface area contributed by atoms with Crippen LogP contribution in [0.2, 0.25) is 5.02 Å². The van der Waals surface area contributed by atoms with Gasteiger partial charge in [-0.1, -0.05) is 17.7 Å². The van der Waals surface area contributed by atoms with E-state index < -0.39 is 0 Å². The number of pyridine rings is 1. The minimum absolute atomic E-state index is 0.722. The van der Waals surface area contributed by atoms with Crippen molar-refractivity contribution < 1.29 is 0 Å². The molecule has 1 aliphatic rings. The van der Waals surface area contributed by atoms with Gasteiger partial charge < -0.3 is 4.40 Å². The van der Waals surface area contributed by atoms with Gasteiger partial charge in [0.15, 0.2) is 5.82 Å². The quantitative estimate of drug-likeness (QED) is 0.516. The van der Waals surface area contributed by atoms with Gasteiger partial charge in [-0.15, -0.1) is 11.3 Å². The van der Waals surface area contributed by atoms with Crippen molar-refractivity contribution in [3.8, 4) is 10.7 Å². The second-order valence-electron chi connectivity index (χ2n) is 6.82. The van der Waals surface area contributed by atoms with Gasteiger partial charge >= 0.3 is 0 Å². The van der Waals surface area contributed by atoms with Crippen molar-refractivity contribution >= 4 is 28.6 Å². The molecule has 27 heavy (non-hydrogen) atoms. The molecule has 0 saturated heterocycles. The smallest absolute Gasteiger partial charge is 0.169 e. The predicted octanol–water partition coefficient (Wildman–Crippen LogP) is 4.37. The van der Waals surface area contributed by atoms with E-state index in [-0.39, 0.29) is 0 Å². The lowest BCUT2D eigenvalue weighted by atomic mass is 10.1. The van der Waals surface area contributed by atoms with Gasteiger partial charge in [0.1, 0.15) is 5.65 Å². The number of imidazole rings is 1. The van der Waals surface area contributed by atoms with Crippen molar-refractivity contribution in [1.82, 2.24) is 24.3 Å². The minimum Gasteiger partial charge on any atom is -0.301 e. The van der Waals surface area contributed by atoms with E-state index in [2.05, 4.69) is 37.6 Å². The molecular weight excluding hydrogens is 378 g/mol. The minimum atomic E-state index is 0.722. The molecule has 5 heterocycles. The number of halogens is 1. The van der Waals surface area contributed by atoms with Gasteiger partial charge in [0, 0.05) is 44.0 Å². The zero-order valence-corrected chi connectivity index (χ0v) is 16.5. The molecule has 0 amide bonds. The Morgan fingerprint density at radius 3 is 3.00 bits per heavy atom. The van der Waals surface area contributed by atoms with Crippen molar-refractivity contribution in [3.05, 3.63) is 69.7 Å². The van der Waals surface area contributed by atoms with Crippen LogP contribution in [0, 0.1) is 6.92 Å². The Morgan fingerprint density at radius 1 is 1.22 bits per heavy atom. The first-order valence-electron chi connectivity index (χ1n) is 8.91. The third-order valence-corrected chi connectivity index (χ3v) is 6.10. The van der Waals surface area contributed by atoms with E-state index in [0.717, 1.165) is 53.1 Å². The molecule has 136 valence electrons. The standard InChI is InChI=1S/C20H18ClN5S/c1-13-17(26-11-15(21)4-5-19(26)23-13)12-25-7-6-16-14(10-25)9-22-20(24-16)18-3-2-8-27-18/h2-5,8-9,11H,6-7,10,12H2,1H3. The Balaban J connectivity index is 1.40. The second kappa shape index (κ2) is 6.71. The topological polar surface area (TPSA) is 46.3 Å². The molecule has 0 fully saturated rings. The van der Waals surface area contributed by atoms with Crippen LogP contribution in [0.15, 0.2) is 42.0 Å². The summed E-state index contributed by atoms with van der Waals surface area (Å²) in [5.74, 6) is 0.837. The van der Waals surface area contributed by atoms with Crippen LogP contribution in [0.25, 0.3) is 16.3 Å². The fourth-order valence-corrected chi connectivity index (χ4v) is 4.45. The van der Waals surface area contributed by atoms with Crippen molar-refractivity contribution in [1.29, 1.82) is 0 Å². The molecule has 7 heteroatoms. The van der Waals surface area contributed by atoms with E-state index in [1.165, 1.54) is 17.0 Å². The summed E-state index contributed by atoms with van der Waals surface area (Å²) in [6.07, 6.45) is 4.87. The summed E-state index contributed by atoms with van der Waals surface area (Å²) in [6.45, 7) is 4.72. The molecule has 0 unspecified atom stereocenters. The molecule has 5 nitrogen and oxygen atoms in total. The third kappa shape index (κ3) is 3.14. The van der Waals surface area contributed by atoms with E-state index in [1.807, 2.05) is 30.6 Å². The Morgan fingerprint density at radius 2 is 2.15 bits per heavy atom. The Hall–Kier alpha value is -2.28. The largest absolute Gasteiger partial charge is 0.301 e. The maximum absolute atomic E-state index is 6.19. The van der Waals surface area contributed by atoms with Crippen LogP contribution in [0.3, 0.4) is 0 Å². The highest BCUT2D eigenvalue weighted by Gasteiger charge is 2.21. The number of hydrogen-bond acceptors (Lipinski definition) is 5. The monoisotopic (exact) mass is 395 g/mol. The van der Waals surface area contributed by atoms with Crippen molar-refractivity contribution in [2.75, 3.05) is 6.54 Å². The van der Waals surface area contributed by atoms with E-state index in [0.29, 0.717) is 0 Å². The molecule has 0 aliphatic carbocycles. The zero-order valence-electron chi connectivity index (χ0n) is 14.9. The molecule has 0 atom stereocenters. The van der Waals surface area contributed by atoms with Gasteiger partial charge in [-0.05, 0) is 30.5 Å². The van der Waals surface area contributed by atoms with Gasteiger partial charge in [0.2, 0.25) is 0 Å². The number of rotatable bonds is 3. The highest BCUT2D eigenvalue weighted by molar-refractivity contribution is 7.13. The van der Waals surface area contributed by atoms with Gasteiger partial charge in [-0.25, -0.2) is 15.0 Å². The summed E-state index contributed by atoms with van der Waals surface area (Å²) in [7, 11) is 0. The zero-order chi connectivity index (χ0) is 18.4. The van der Waals surface area contributed by atoms with Gasteiger partial charge in [0.25, 0.3) is 0 Å². The Labute approximate surface area is 166 Å². The highest BCUT2D eigenvalue weighted by Crippen LogP contribution is 2.25. The van der Waals surface area contributed by atoms with Gasteiger partial charge in [0.05, 0.1) is 27.0 Å². The Kier molecular flexibility index (Phi) is 4.19. The van der Waals surface area contributed by atoms with E-state index >= 15 is 0 Å². The van der Waals surface area contributed by atoms with Crippen LogP contribution in [0.1, 0.15) is 22.6 Å². The Bertz CT molecular complexity index is 1120. The molecule has 0 N–H and O–H groups in total. The number of aromatic nitrogens is 4. The van der Waals surface area contributed by atoms with Crippen LogP contribution in [-0.4, -0.2) is 30.8 Å². The lowest BCUT2D eigenvalue weighted by molar-refractivity contribution is 0.239. The first kappa shape index (κ1) is 16.9. The molecule has 0 radical (unpaired) electrons. The van der Waals surface area contributed by atoms with Crippen molar-refractivity contribution in [2.24, 2.45) is 0 Å². The van der Waals surface area contributed by atoms with E-state index in [9.17, 15) is 0 Å². The van der Waals surface area contributed by atoms with Crippen LogP contribution in [0.4, 0.5) is 0 Å². The van der Waals surface area contributed by atoms with Crippen LogP contribution in [-0.2, 0) is 19.5 Å². The molecule has 0 aromatic carbocycles. The first-order chi connectivity index (χ1) is 13.2. The number of aryl methyl sites for hydroxylation is 1. The van der Waals surface area contributed by atoms with E-state index in [4.69, 9.17) is 16.6 Å². The summed E-state index contributed by atoms with van der Waals surface area (Å²) in [5.41, 5.74) is 5.56.